The number of benzene rings is 1. The maximum atomic E-state index is 3.54. The standard InChI is InChI=1S/C22H24Br2S/c1-4-20(21-15-16(2)8-9-17(21)3)18(7-5-6-14-23)10-11-19-12-13-22(24)25-19/h5-6,8-13,15H,4,7,14H2,1-3H3/b6-5-,11-10+,20-18-. The SMILES string of the molecule is CC/C(=C(/C=C/c1ccc(Br)s1)C/C=C\CBr)c1cc(C)ccc1C. The van der Waals surface area contributed by atoms with Gasteiger partial charge >= 0.3 is 0 Å². The molecule has 2 rings (SSSR count). The topological polar surface area (TPSA) is 0 Å². The van der Waals surface area contributed by atoms with Gasteiger partial charge in [-0.15, -0.1) is 11.3 Å². The van der Waals surface area contributed by atoms with Crippen molar-refractivity contribution in [3.63, 3.8) is 0 Å². The Morgan fingerprint density at radius 1 is 1.12 bits per heavy atom. The van der Waals surface area contributed by atoms with Gasteiger partial charge in [0, 0.05) is 10.2 Å². The Morgan fingerprint density at radius 2 is 1.92 bits per heavy atom. The summed E-state index contributed by atoms with van der Waals surface area (Å²) in [5.41, 5.74) is 6.86. The van der Waals surface area contributed by atoms with Crippen molar-refractivity contribution in [2.24, 2.45) is 0 Å². The minimum absolute atomic E-state index is 0.896. The van der Waals surface area contributed by atoms with Gasteiger partial charge in [-0.25, -0.2) is 0 Å². The Morgan fingerprint density at radius 3 is 2.56 bits per heavy atom. The van der Waals surface area contributed by atoms with E-state index in [0.717, 1.165) is 18.2 Å². The fourth-order valence-corrected chi connectivity index (χ4v) is 4.41. The van der Waals surface area contributed by atoms with Crippen LogP contribution < -0.4 is 0 Å². The first-order valence-electron chi connectivity index (χ1n) is 8.49. The lowest BCUT2D eigenvalue weighted by atomic mass is 9.91. The second-order valence-corrected chi connectivity index (χ2v) is 9.12. The van der Waals surface area contributed by atoms with Crippen LogP contribution >= 0.6 is 43.2 Å². The third-order valence-corrected chi connectivity index (χ3v) is 6.06. The lowest BCUT2D eigenvalue weighted by molar-refractivity contribution is 1.16. The van der Waals surface area contributed by atoms with Crippen LogP contribution in [-0.2, 0) is 0 Å². The lowest BCUT2D eigenvalue weighted by Crippen LogP contribution is -1.94. The number of hydrogen-bond donors (Lipinski definition) is 0. The number of hydrogen-bond acceptors (Lipinski definition) is 1. The van der Waals surface area contributed by atoms with E-state index in [9.17, 15) is 0 Å². The highest BCUT2D eigenvalue weighted by Crippen LogP contribution is 2.30. The van der Waals surface area contributed by atoms with Gasteiger partial charge in [-0.05, 0) is 83.1 Å². The minimum atomic E-state index is 0.896. The summed E-state index contributed by atoms with van der Waals surface area (Å²) >= 11 is 8.78. The summed E-state index contributed by atoms with van der Waals surface area (Å²) in [5.74, 6) is 0. The van der Waals surface area contributed by atoms with Crippen LogP contribution in [-0.4, -0.2) is 5.33 Å². The number of rotatable bonds is 7. The molecule has 0 amide bonds. The van der Waals surface area contributed by atoms with E-state index in [0.29, 0.717) is 0 Å². The summed E-state index contributed by atoms with van der Waals surface area (Å²) in [6, 6.07) is 11.0. The van der Waals surface area contributed by atoms with E-state index in [4.69, 9.17) is 0 Å². The first kappa shape index (κ1) is 20.4. The summed E-state index contributed by atoms with van der Waals surface area (Å²) in [4.78, 5) is 1.27. The van der Waals surface area contributed by atoms with Crippen LogP contribution in [0.5, 0.6) is 0 Å². The molecular weight excluding hydrogens is 456 g/mol. The van der Waals surface area contributed by atoms with E-state index in [-0.39, 0.29) is 0 Å². The van der Waals surface area contributed by atoms with Crippen molar-refractivity contribution >= 4 is 54.8 Å². The molecule has 0 aliphatic carbocycles. The molecule has 0 bridgehead atoms. The van der Waals surface area contributed by atoms with E-state index in [2.05, 4.69) is 107 Å². The van der Waals surface area contributed by atoms with Gasteiger partial charge in [-0.1, -0.05) is 64.8 Å². The molecule has 0 aliphatic rings. The lowest BCUT2D eigenvalue weighted by Gasteiger charge is -2.14. The predicted molar refractivity (Wildman–Crippen MR) is 122 cm³/mol. The van der Waals surface area contributed by atoms with Crippen LogP contribution in [0.1, 0.15) is 41.3 Å². The van der Waals surface area contributed by atoms with Gasteiger partial charge in [-0.2, -0.15) is 0 Å². The van der Waals surface area contributed by atoms with E-state index in [1.54, 1.807) is 11.3 Å². The predicted octanol–water partition coefficient (Wildman–Crippen LogP) is 8.35. The van der Waals surface area contributed by atoms with Gasteiger partial charge < -0.3 is 0 Å². The van der Waals surface area contributed by atoms with Crippen LogP contribution in [0.3, 0.4) is 0 Å². The largest absolute Gasteiger partial charge is 0.129 e. The molecule has 1 aromatic carbocycles. The minimum Gasteiger partial charge on any atom is -0.129 e. The van der Waals surface area contributed by atoms with Gasteiger partial charge in [0.15, 0.2) is 0 Å². The number of alkyl halides is 1. The Balaban J connectivity index is 2.48. The fraction of sp³-hybridized carbons (Fsp3) is 0.273. The van der Waals surface area contributed by atoms with Crippen molar-refractivity contribution in [1.82, 2.24) is 0 Å². The molecule has 0 nitrogen and oxygen atoms in total. The molecule has 25 heavy (non-hydrogen) atoms. The second-order valence-electron chi connectivity index (χ2n) is 5.98. The molecule has 2 aromatic rings. The van der Waals surface area contributed by atoms with Crippen LogP contribution in [0.2, 0.25) is 0 Å². The number of thiophene rings is 1. The number of allylic oxidation sites excluding steroid dienone is 5. The van der Waals surface area contributed by atoms with Crippen LogP contribution in [0.25, 0.3) is 11.6 Å². The first-order valence-corrected chi connectivity index (χ1v) is 11.2. The fourth-order valence-electron chi connectivity index (χ4n) is 2.82. The maximum Gasteiger partial charge on any atom is 0.0704 e. The Labute approximate surface area is 172 Å². The summed E-state index contributed by atoms with van der Waals surface area (Å²) < 4.78 is 1.17. The molecule has 0 atom stereocenters. The molecule has 0 N–H and O–H groups in total. The normalized spacial score (nSPS) is 13.0. The molecule has 0 unspecified atom stereocenters. The van der Waals surface area contributed by atoms with Crippen molar-refractivity contribution in [2.75, 3.05) is 5.33 Å². The van der Waals surface area contributed by atoms with Crippen molar-refractivity contribution < 1.29 is 0 Å². The molecule has 1 aromatic heterocycles. The zero-order valence-electron chi connectivity index (χ0n) is 15.0. The molecule has 0 fully saturated rings. The van der Waals surface area contributed by atoms with Crippen LogP contribution in [0.15, 0.2) is 57.9 Å². The van der Waals surface area contributed by atoms with Gasteiger partial charge in [0.2, 0.25) is 0 Å². The van der Waals surface area contributed by atoms with Gasteiger partial charge in [0.1, 0.15) is 0 Å². The van der Waals surface area contributed by atoms with Gasteiger partial charge in [-0.3, -0.25) is 0 Å². The van der Waals surface area contributed by atoms with Crippen LogP contribution in [0.4, 0.5) is 0 Å². The smallest absolute Gasteiger partial charge is 0.0704 e. The maximum absolute atomic E-state index is 3.54. The highest BCUT2D eigenvalue weighted by molar-refractivity contribution is 9.11. The molecule has 0 saturated heterocycles. The van der Waals surface area contributed by atoms with Crippen molar-refractivity contribution in [2.45, 2.75) is 33.6 Å². The molecular formula is C22H24Br2S. The molecule has 0 saturated carbocycles. The van der Waals surface area contributed by atoms with E-state index in [1.807, 2.05) is 0 Å². The Bertz CT molecular complexity index is 794. The van der Waals surface area contributed by atoms with E-state index in [1.165, 1.54) is 36.5 Å². The number of aryl methyl sites for hydroxylation is 2. The summed E-state index contributed by atoms with van der Waals surface area (Å²) in [5, 5.41) is 0.896. The summed E-state index contributed by atoms with van der Waals surface area (Å²) in [6.45, 7) is 6.62. The van der Waals surface area contributed by atoms with Crippen molar-refractivity contribution in [3.05, 3.63) is 79.5 Å². The Hall–Kier alpha value is -0.900. The highest BCUT2D eigenvalue weighted by Gasteiger charge is 2.08. The zero-order valence-corrected chi connectivity index (χ0v) is 19.0. The monoisotopic (exact) mass is 478 g/mol. The van der Waals surface area contributed by atoms with Crippen LogP contribution in [0, 0.1) is 13.8 Å². The zero-order chi connectivity index (χ0) is 18.2. The Kier molecular flexibility index (Phi) is 8.41. The quantitative estimate of drug-likeness (QED) is 0.212. The molecule has 1 heterocycles. The average molecular weight is 480 g/mol. The third kappa shape index (κ3) is 6.09. The average Bonchev–Trinajstić information content (AvgIpc) is 3.01. The molecule has 0 spiro atoms. The van der Waals surface area contributed by atoms with Gasteiger partial charge in [0.05, 0.1) is 3.79 Å². The van der Waals surface area contributed by atoms with Crippen molar-refractivity contribution in [3.8, 4) is 0 Å². The third-order valence-electron chi connectivity index (χ3n) is 4.10. The van der Waals surface area contributed by atoms with Crippen molar-refractivity contribution in [1.29, 1.82) is 0 Å². The summed E-state index contributed by atoms with van der Waals surface area (Å²) in [6.07, 6.45) is 10.9. The molecule has 0 aliphatic heterocycles. The first-order chi connectivity index (χ1) is 12.0. The second kappa shape index (κ2) is 10.3. The molecule has 0 radical (unpaired) electrons. The number of halogens is 2. The van der Waals surface area contributed by atoms with Gasteiger partial charge in [0.25, 0.3) is 0 Å². The molecule has 3 heteroatoms. The van der Waals surface area contributed by atoms with E-state index < -0.39 is 0 Å². The molecule has 132 valence electrons. The highest BCUT2D eigenvalue weighted by atomic mass is 79.9. The van der Waals surface area contributed by atoms with E-state index >= 15 is 0 Å². The summed E-state index contributed by atoms with van der Waals surface area (Å²) in [7, 11) is 0.